The van der Waals surface area contributed by atoms with E-state index in [0.717, 1.165) is 4.57 Å². The molecule has 1 fully saturated rings. The van der Waals surface area contributed by atoms with Gasteiger partial charge in [-0.2, -0.15) is 4.98 Å². The number of phosphoric ester groups is 1. The van der Waals surface area contributed by atoms with Crippen molar-refractivity contribution in [2.45, 2.75) is 24.9 Å². The zero-order valence-electron chi connectivity index (χ0n) is 17.8. The van der Waals surface area contributed by atoms with Crippen LogP contribution >= 0.6 is 39.4 Å². The van der Waals surface area contributed by atoms with Crippen molar-refractivity contribution in [3.63, 3.8) is 0 Å². The Morgan fingerprint density at radius 2 is 1.70 bits per heavy atom. The van der Waals surface area contributed by atoms with Crippen molar-refractivity contribution in [1.29, 1.82) is 0 Å². The first-order valence-corrected chi connectivity index (χ1v) is 12.3. The molecule has 2 rings (SSSR count). The molecule has 0 amide bonds. The number of nitrogens with zero attached hydrogens (tertiary/aromatic N) is 2. The van der Waals surface area contributed by atoms with Gasteiger partial charge in [0.05, 0.1) is 25.0 Å². The topological polar surface area (TPSA) is 262 Å². The Morgan fingerprint density at radius 3 is 2.21 bits per heavy atom. The molecule has 16 nitrogen and oxygen atoms in total. The molecular formula is C9H11BrLi4N3O13P3. The van der Waals surface area contributed by atoms with E-state index in [1.807, 2.05) is 0 Å². The number of nitrogen functional groups attached to an aromatic ring is 1. The Kier molecular flexibility index (Phi) is 18.3. The maximum atomic E-state index is 11.9. The molecule has 33 heavy (non-hydrogen) atoms. The predicted octanol–water partition coefficient (Wildman–Crippen LogP) is -14.9. The van der Waals surface area contributed by atoms with E-state index in [0.29, 0.717) is 0 Å². The molecule has 1 saturated heterocycles. The van der Waals surface area contributed by atoms with Gasteiger partial charge in [0, 0.05) is 12.6 Å². The van der Waals surface area contributed by atoms with E-state index in [4.69, 9.17) is 10.5 Å². The molecule has 3 N–H and O–H groups in total. The molecule has 1 aliphatic rings. The number of aliphatic hydroxyl groups is 1. The van der Waals surface area contributed by atoms with Crippen LogP contribution in [0.2, 0.25) is 0 Å². The second-order valence-electron chi connectivity index (χ2n) is 5.40. The molecule has 166 valence electrons. The molecule has 24 heteroatoms. The molecule has 2 heterocycles. The van der Waals surface area contributed by atoms with Crippen LogP contribution in [-0.2, 0) is 31.6 Å². The Hall–Kier alpha value is 1.88. The Bertz CT molecular complexity index is 982. The predicted molar refractivity (Wildman–Crippen MR) is 86.1 cm³/mol. The number of aliphatic hydroxyl groups excluding tert-OH is 1. The summed E-state index contributed by atoms with van der Waals surface area (Å²) in [5.74, 6) is -0.0981. The van der Waals surface area contributed by atoms with Crippen LogP contribution in [0.15, 0.2) is 15.5 Å². The number of nitrogens with two attached hydrogens (primary N) is 1. The first-order valence-electron chi connectivity index (χ1n) is 7.17. The smallest absolute Gasteiger partial charge is 0.790 e. The summed E-state index contributed by atoms with van der Waals surface area (Å²) in [7, 11) is -18.0. The van der Waals surface area contributed by atoms with Crippen LogP contribution in [0.4, 0.5) is 5.82 Å². The molecule has 0 radical (unpaired) electrons. The SMILES string of the molecule is Nc1nc(=O)n(C2CC(O)C(COP(=O)([O-])OP(=O)([O-])OP(=O)([O-])[O-])O2)cc1Br.[Li+].[Li+].[Li+].[Li+]. The van der Waals surface area contributed by atoms with E-state index in [-0.39, 0.29) is 92.2 Å². The maximum Gasteiger partial charge on any atom is 1.00 e. The van der Waals surface area contributed by atoms with Crippen molar-refractivity contribution in [3.8, 4) is 0 Å². The van der Waals surface area contributed by atoms with Crippen molar-refractivity contribution in [1.82, 2.24) is 9.55 Å². The summed E-state index contributed by atoms with van der Waals surface area (Å²) in [6.45, 7) is -0.983. The molecule has 0 spiro atoms. The Balaban J connectivity index is -0.00000225. The first-order chi connectivity index (χ1) is 13.1. The van der Waals surface area contributed by atoms with Gasteiger partial charge in [-0.05, 0) is 15.9 Å². The summed E-state index contributed by atoms with van der Waals surface area (Å²) in [4.78, 5) is 58.5. The largest absolute Gasteiger partial charge is 1.00 e. The summed E-state index contributed by atoms with van der Waals surface area (Å²) in [5, 5.41) is 9.95. The monoisotopic (exact) mass is 569 g/mol. The van der Waals surface area contributed by atoms with E-state index < -0.39 is 54.2 Å². The fourth-order valence-corrected chi connectivity index (χ4v) is 5.32. The van der Waals surface area contributed by atoms with Gasteiger partial charge in [-0.25, -0.2) is 9.11 Å². The van der Waals surface area contributed by atoms with Crippen LogP contribution in [-0.4, -0.2) is 33.5 Å². The number of phosphoric acid groups is 3. The van der Waals surface area contributed by atoms with E-state index in [2.05, 4.69) is 34.1 Å². The van der Waals surface area contributed by atoms with Gasteiger partial charge in [0.2, 0.25) is 0 Å². The molecule has 5 atom stereocenters. The number of hydrogen-bond acceptors (Lipinski definition) is 15. The van der Waals surface area contributed by atoms with Crippen LogP contribution in [0.1, 0.15) is 12.6 Å². The minimum absolute atomic E-state index is 0. The second-order valence-corrected chi connectivity index (χ2v) is 10.5. The van der Waals surface area contributed by atoms with Crippen molar-refractivity contribution < 1.29 is 132 Å². The van der Waals surface area contributed by atoms with Crippen molar-refractivity contribution in [2.24, 2.45) is 0 Å². The number of hydrogen-bond donors (Lipinski definition) is 2. The van der Waals surface area contributed by atoms with Crippen LogP contribution in [0, 0.1) is 0 Å². The first kappa shape index (κ1) is 39.4. The molecule has 1 aliphatic heterocycles. The average Bonchev–Trinajstić information content (AvgIpc) is 2.86. The van der Waals surface area contributed by atoms with E-state index in [9.17, 15) is 43.2 Å². The second kappa shape index (κ2) is 15.3. The Morgan fingerprint density at radius 1 is 1.15 bits per heavy atom. The molecule has 5 unspecified atom stereocenters. The minimum Gasteiger partial charge on any atom is -0.790 e. The van der Waals surface area contributed by atoms with Crippen LogP contribution < -0.4 is 106 Å². The Labute approximate surface area is 243 Å². The van der Waals surface area contributed by atoms with Crippen molar-refractivity contribution in [2.75, 3.05) is 12.3 Å². The molecule has 1 aromatic heterocycles. The van der Waals surface area contributed by atoms with Crippen molar-refractivity contribution >= 4 is 45.2 Å². The van der Waals surface area contributed by atoms with Gasteiger partial charge in [-0.3, -0.25) is 18.0 Å². The molecule has 0 aromatic carbocycles. The number of ether oxygens (including phenoxy) is 1. The third kappa shape index (κ3) is 12.8. The number of anilines is 1. The summed E-state index contributed by atoms with van der Waals surface area (Å²) in [6, 6.07) is 0. The van der Waals surface area contributed by atoms with Gasteiger partial charge in [-0.15, -0.1) is 0 Å². The molecule has 1 aromatic rings. The molecular weight excluding hydrogens is 559 g/mol. The quantitative estimate of drug-likeness (QED) is 0.217. The van der Waals surface area contributed by atoms with Gasteiger partial charge in [0.1, 0.15) is 18.1 Å². The standard InChI is InChI=1S/C9H15BrN3O13P3.4Li/c10-4-2-13(9(15)12-8(4)11)7-1-5(14)6(24-7)3-23-28(19,20)26-29(21,22)25-27(16,17)18;;;;/h2,5-7,14H,1,3H2,(H,19,20)(H,21,22)(H2,11,12,15)(H2,16,17,18);;;;/q;4*+1/p-4. The third-order valence-electron chi connectivity index (χ3n) is 3.25. The molecule has 0 saturated carbocycles. The fourth-order valence-electron chi connectivity index (χ4n) is 2.15. The normalized spacial score (nSPS) is 23.5. The van der Waals surface area contributed by atoms with Crippen molar-refractivity contribution in [3.05, 3.63) is 21.2 Å². The van der Waals surface area contributed by atoms with E-state index in [1.54, 1.807) is 0 Å². The summed E-state index contributed by atoms with van der Waals surface area (Å²) < 4.78 is 49.9. The maximum absolute atomic E-state index is 11.9. The molecule has 0 bridgehead atoms. The zero-order valence-corrected chi connectivity index (χ0v) is 22.0. The van der Waals surface area contributed by atoms with Gasteiger partial charge in [0.25, 0.3) is 15.6 Å². The van der Waals surface area contributed by atoms with Gasteiger partial charge in [-0.1, -0.05) is 0 Å². The third-order valence-corrected chi connectivity index (χ3v) is 7.52. The molecule has 0 aliphatic carbocycles. The zero-order chi connectivity index (χ0) is 22.2. The van der Waals surface area contributed by atoms with Crippen LogP contribution in [0.25, 0.3) is 0 Å². The number of aromatic nitrogens is 2. The van der Waals surface area contributed by atoms with Gasteiger partial charge >= 0.3 is 81.1 Å². The van der Waals surface area contributed by atoms with Crippen LogP contribution in [0.3, 0.4) is 0 Å². The van der Waals surface area contributed by atoms with E-state index >= 15 is 0 Å². The summed E-state index contributed by atoms with van der Waals surface area (Å²) >= 11 is 3.05. The minimum atomic E-state index is -6.11. The van der Waals surface area contributed by atoms with Gasteiger partial charge in [0.15, 0.2) is 0 Å². The van der Waals surface area contributed by atoms with Gasteiger partial charge < -0.3 is 44.2 Å². The summed E-state index contributed by atoms with van der Waals surface area (Å²) in [5.41, 5.74) is 4.62. The summed E-state index contributed by atoms with van der Waals surface area (Å²) in [6.07, 6.45) is -2.80. The average molecular weight is 570 g/mol. The number of rotatable bonds is 8. The number of halogens is 1. The van der Waals surface area contributed by atoms with Crippen LogP contribution in [0.5, 0.6) is 0 Å². The fraction of sp³-hybridized carbons (Fsp3) is 0.556. The van der Waals surface area contributed by atoms with E-state index in [1.165, 1.54) is 6.20 Å².